The van der Waals surface area contributed by atoms with Crippen LogP contribution in [0.2, 0.25) is 5.02 Å². The molecular formula is C18H20BClO2. The molecule has 0 aromatic heterocycles. The fourth-order valence-corrected chi connectivity index (χ4v) is 2.74. The number of hydrogen-bond donors (Lipinski definition) is 0. The second-order valence-corrected chi connectivity index (χ2v) is 7.10. The summed E-state index contributed by atoms with van der Waals surface area (Å²) in [6.45, 7) is 8.24. The smallest absolute Gasteiger partial charge is 0.399 e. The Bertz CT molecular complexity index is 664. The first kappa shape index (κ1) is 15.6. The Morgan fingerprint density at radius 1 is 0.818 bits per heavy atom. The van der Waals surface area contributed by atoms with Crippen LogP contribution in [0.25, 0.3) is 11.1 Å². The molecule has 3 rings (SSSR count). The average molecular weight is 315 g/mol. The van der Waals surface area contributed by atoms with Gasteiger partial charge in [0, 0.05) is 10.6 Å². The molecule has 2 aromatic carbocycles. The lowest BCUT2D eigenvalue weighted by Crippen LogP contribution is -2.41. The van der Waals surface area contributed by atoms with E-state index in [2.05, 4.69) is 39.8 Å². The first-order valence-electron chi connectivity index (χ1n) is 7.51. The lowest BCUT2D eigenvalue weighted by atomic mass is 9.78. The predicted molar refractivity (Wildman–Crippen MR) is 92.6 cm³/mol. The van der Waals surface area contributed by atoms with E-state index in [9.17, 15) is 0 Å². The monoisotopic (exact) mass is 314 g/mol. The Kier molecular flexibility index (Phi) is 3.84. The SMILES string of the molecule is CC1(C)OB(c2ccc(-c3ccccc3Cl)cc2)OC1(C)C. The highest BCUT2D eigenvalue weighted by molar-refractivity contribution is 6.62. The van der Waals surface area contributed by atoms with Crippen molar-refractivity contribution < 1.29 is 9.31 Å². The minimum atomic E-state index is -0.328. The molecular weight excluding hydrogens is 294 g/mol. The molecule has 0 saturated carbocycles. The van der Waals surface area contributed by atoms with E-state index < -0.39 is 0 Å². The van der Waals surface area contributed by atoms with Crippen molar-refractivity contribution in [2.75, 3.05) is 0 Å². The molecule has 1 heterocycles. The lowest BCUT2D eigenvalue weighted by Gasteiger charge is -2.32. The zero-order valence-electron chi connectivity index (χ0n) is 13.4. The van der Waals surface area contributed by atoms with Crippen LogP contribution in [-0.4, -0.2) is 18.3 Å². The van der Waals surface area contributed by atoms with Crippen LogP contribution in [-0.2, 0) is 9.31 Å². The van der Waals surface area contributed by atoms with Gasteiger partial charge in [0.1, 0.15) is 0 Å². The minimum absolute atomic E-state index is 0.320. The highest BCUT2D eigenvalue weighted by Gasteiger charge is 2.51. The summed E-state index contributed by atoms with van der Waals surface area (Å²) in [4.78, 5) is 0. The van der Waals surface area contributed by atoms with Gasteiger partial charge in [0.05, 0.1) is 11.2 Å². The standard InChI is InChI=1S/C18H20BClO2/c1-17(2)18(3,4)22-19(21-17)14-11-9-13(10-12-14)15-7-5-6-8-16(15)20/h5-12H,1-4H3. The van der Waals surface area contributed by atoms with Crippen LogP contribution in [0.5, 0.6) is 0 Å². The molecule has 1 fully saturated rings. The Morgan fingerprint density at radius 2 is 1.36 bits per heavy atom. The van der Waals surface area contributed by atoms with Crippen LogP contribution in [0, 0.1) is 0 Å². The number of benzene rings is 2. The molecule has 0 aliphatic carbocycles. The van der Waals surface area contributed by atoms with Crippen molar-refractivity contribution in [2.45, 2.75) is 38.9 Å². The van der Waals surface area contributed by atoms with Crippen molar-refractivity contribution in [3.8, 4) is 11.1 Å². The van der Waals surface area contributed by atoms with Crippen LogP contribution in [0.3, 0.4) is 0 Å². The van der Waals surface area contributed by atoms with Crippen molar-refractivity contribution in [1.82, 2.24) is 0 Å². The molecule has 1 saturated heterocycles. The fraction of sp³-hybridized carbons (Fsp3) is 0.333. The molecule has 0 atom stereocenters. The number of rotatable bonds is 2. The maximum absolute atomic E-state index is 6.25. The third-order valence-corrected chi connectivity index (χ3v) is 4.95. The van der Waals surface area contributed by atoms with Crippen LogP contribution in [0.1, 0.15) is 27.7 Å². The van der Waals surface area contributed by atoms with E-state index in [-0.39, 0.29) is 18.3 Å². The van der Waals surface area contributed by atoms with Gasteiger partial charge in [0.25, 0.3) is 0 Å². The second kappa shape index (κ2) is 5.41. The Morgan fingerprint density at radius 3 is 1.91 bits per heavy atom. The molecule has 0 spiro atoms. The molecule has 0 unspecified atom stereocenters. The average Bonchev–Trinajstić information content (AvgIpc) is 2.68. The van der Waals surface area contributed by atoms with Crippen molar-refractivity contribution in [1.29, 1.82) is 0 Å². The number of hydrogen-bond acceptors (Lipinski definition) is 2. The van der Waals surface area contributed by atoms with Gasteiger partial charge in [-0.05, 0) is 44.8 Å². The van der Waals surface area contributed by atoms with Crippen LogP contribution >= 0.6 is 11.6 Å². The zero-order chi connectivity index (χ0) is 16.0. The quantitative estimate of drug-likeness (QED) is 0.769. The van der Waals surface area contributed by atoms with Crippen molar-refractivity contribution in [3.05, 3.63) is 53.6 Å². The Labute approximate surface area is 137 Å². The molecule has 114 valence electrons. The van der Waals surface area contributed by atoms with E-state index in [0.717, 1.165) is 21.6 Å². The summed E-state index contributed by atoms with van der Waals surface area (Å²) in [5, 5.41) is 0.755. The Hall–Kier alpha value is -1.29. The molecule has 0 radical (unpaired) electrons. The molecule has 4 heteroatoms. The van der Waals surface area contributed by atoms with Gasteiger partial charge in [-0.3, -0.25) is 0 Å². The maximum atomic E-state index is 6.25. The van der Waals surface area contributed by atoms with Gasteiger partial charge in [0.15, 0.2) is 0 Å². The topological polar surface area (TPSA) is 18.5 Å². The maximum Gasteiger partial charge on any atom is 0.494 e. The molecule has 1 aliphatic heterocycles. The molecule has 0 N–H and O–H groups in total. The molecule has 2 nitrogen and oxygen atoms in total. The van der Waals surface area contributed by atoms with Crippen LogP contribution in [0.4, 0.5) is 0 Å². The summed E-state index contributed by atoms with van der Waals surface area (Å²) in [6.07, 6.45) is 0. The minimum Gasteiger partial charge on any atom is -0.399 e. The van der Waals surface area contributed by atoms with Crippen molar-refractivity contribution >= 4 is 24.2 Å². The van der Waals surface area contributed by atoms with Crippen molar-refractivity contribution in [2.24, 2.45) is 0 Å². The van der Waals surface area contributed by atoms with Crippen molar-refractivity contribution in [3.63, 3.8) is 0 Å². The Balaban J connectivity index is 1.86. The van der Waals surface area contributed by atoms with E-state index in [1.165, 1.54) is 0 Å². The third kappa shape index (κ3) is 2.69. The zero-order valence-corrected chi connectivity index (χ0v) is 14.1. The van der Waals surface area contributed by atoms with Gasteiger partial charge in [-0.2, -0.15) is 0 Å². The molecule has 2 aromatic rings. The van der Waals surface area contributed by atoms with Gasteiger partial charge >= 0.3 is 7.12 Å². The highest BCUT2D eigenvalue weighted by atomic mass is 35.5. The van der Waals surface area contributed by atoms with Gasteiger partial charge in [-0.25, -0.2) is 0 Å². The molecule has 22 heavy (non-hydrogen) atoms. The summed E-state index contributed by atoms with van der Waals surface area (Å²) in [6, 6.07) is 16.0. The summed E-state index contributed by atoms with van der Waals surface area (Å²) in [7, 11) is -0.328. The molecule has 0 amide bonds. The van der Waals surface area contributed by atoms with Gasteiger partial charge < -0.3 is 9.31 Å². The lowest BCUT2D eigenvalue weighted by molar-refractivity contribution is 0.00578. The predicted octanol–water partition coefficient (Wildman–Crippen LogP) is 4.31. The van der Waals surface area contributed by atoms with E-state index in [1.807, 2.05) is 36.4 Å². The number of halogens is 1. The van der Waals surface area contributed by atoms with E-state index in [4.69, 9.17) is 20.9 Å². The summed E-state index contributed by atoms with van der Waals surface area (Å²) in [5.74, 6) is 0. The first-order chi connectivity index (χ1) is 10.3. The van der Waals surface area contributed by atoms with Crippen LogP contribution in [0.15, 0.2) is 48.5 Å². The normalized spacial score (nSPS) is 19.4. The summed E-state index contributed by atoms with van der Waals surface area (Å²) in [5.41, 5.74) is 2.50. The first-order valence-corrected chi connectivity index (χ1v) is 7.88. The second-order valence-electron chi connectivity index (χ2n) is 6.69. The fourth-order valence-electron chi connectivity index (χ4n) is 2.49. The largest absolute Gasteiger partial charge is 0.494 e. The molecule has 1 aliphatic rings. The van der Waals surface area contributed by atoms with E-state index >= 15 is 0 Å². The van der Waals surface area contributed by atoms with E-state index in [0.29, 0.717) is 0 Å². The summed E-state index contributed by atoms with van der Waals surface area (Å²) < 4.78 is 12.1. The highest BCUT2D eigenvalue weighted by Crippen LogP contribution is 2.36. The van der Waals surface area contributed by atoms with E-state index in [1.54, 1.807) is 0 Å². The van der Waals surface area contributed by atoms with Gasteiger partial charge in [0.2, 0.25) is 0 Å². The summed E-state index contributed by atoms with van der Waals surface area (Å²) >= 11 is 6.25. The van der Waals surface area contributed by atoms with Crippen LogP contribution < -0.4 is 5.46 Å². The third-order valence-electron chi connectivity index (χ3n) is 4.62. The molecule has 0 bridgehead atoms. The van der Waals surface area contributed by atoms with Gasteiger partial charge in [-0.15, -0.1) is 0 Å². The van der Waals surface area contributed by atoms with Gasteiger partial charge in [-0.1, -0.05) is 54.1 Å².